The number of rotatable bonds is 5. The molecule has 1 amide bonds. The molecule has 1 saturated carbocycles. The number of amides is 1. The van der Waals surface area contributed by atoms with E-state index in [1.807, 2.05) is 0 Å². The molecule has 0 bridgehead atoms. The molecule has 0 unspecified atom stereocenters. The Kier molecular flexibility index (Phi) is 5.38. The molecule has 1 aliphatic carbocycles. The van der Waals surface area contributed by atoms with Gasteiger partial charge in [-0.25, -0.2) is 8.78 Å². The highest BCUT2D eigenvalue weighted by atomic mass is 79.9. The van der Waals surface area contributed by atoms with Crippen LogP contribution in [0.2, 0.25) is 0 Å². The van der Waals surface area contributed by atoms with Gasteiger partial charge in [0.1, 0.15) is 0 Å². The number of benzene rings is 1. The van der Waals surface area contributed by atoms with E-state index < -0.39 is 17.8 Å². The molecule has 1 aliphatic rings. The fourth-order valence-corrected chi connectivity index (χ4v) is 4.60. The molecule has 1 fully saturated rings. The number of carbonyl (C=O) groups is 1. The molecule has 0 spiro atoms. The Bertz CT molecular complexity index is 1020. The molecule has 152 valence electrons. The number of halogens is 3. The first-order valence-electron chi connectivity index (χ1n) is 8.83. The summed E-state index contributed by atoms with van der Waals surface area (Å²) in [6.07, 6.45) is -0.260. The van der Waals surface area contributed by atoms with Crippen molar-refractivity contribution < 1.29 is 13.6 Å². The third-order valence-electron chi connectivity index (χ3n) is 4.86. The quantitative estimate of drug-likeness (QED) is 0.594. The molecule has 3 aromatic rings. The predicted molar refractivity (Wildman–Crippen MR) is 106 cm³/mol. The number of aryl methyl sites for hydroxylation is 1. The van der Waals surface area contributed by atoms with Crippen molar-refractivity contribution in [3.63, 3.8) is 0 Å². The number of alkyl halides is 2. The zero-order valence-electron chi connectivity index (χ0n) is 15.2. The molecular weight excluding hydrogens is 468 g/mol. The van der Waals surface area contributed by atoms with E-state index in [9.17, 15) is 13.6 Å². The molecular formula is C17H16BrF2N7OS. The number of nitrogens with one attached hydrogen (secondary N) is 1. The maximum absolute atomic E-state index is 13.9. The maximum atomic E-state index is 13.9. The summed E-state index contributed by atoms with van der Waals surface area (Å²) in [6.45, 7) is 0. The van der Waals surface area contributed by atoms with Gasteiger partial charge in [-0.1, -0.05) is 35.6 Å². The van der Waals surface area contributed by atoms with Crippen LogP contribution in [0, 0.1) is 5.92 Å². The predicted octanol–water partition coefficient (Wildman–Crippen LogP) is 3.65. The number of hydrogen-bond donors (Lipinski definition) is 1. The Balaban J connectivity index is 1.61. The fraction of sp³-hybridized carbons (Fsp3) is 0.412. The van der Waals surface area contributed by atoms with Crippen LogP contribution >= 0.6 is 27.3 Å². The normalized spacial score (nSPS) is 19.2. The lowest BCUT2D eigenvalue weighted by atomic mass is 9.83. The second-order valence-corrected chi connectivity index (χ2v) is 9.16. The van der Waals surface area contributed by atoms with Gasteiger partial charge in [0.05, 0.1) is 13.0 Å². The van der Waals surface area contributed by atoms with Crippen LogP contribution in [0.1, 0.15) is 30.7 Å². The zero-order chi connectivity index (χ0) is 20.6. The molecule has 4 rings (SSSR count). The minimum absolute atomic E-state index is 0.215. The van der Waals surface area contributed by atoms with Gasteiger partial charge in [0.2, 0.25) is 22.8 Å². The van der Waals surface area contributed by atoms with Gasteiger partial charge >= 0.3 is 0 Å². The monoisotopic (exact) mass is 483 g/mol. The first-order valence-corrected chi connectivity index (χ1v) is 10.4. The van der Waals surface area contributed by atoms with Crippen molar-refractivity contribution in [2.24, 2.45) is 13.0 Å². The van der Waals surface area contributed by atoms with Gasteiger partial charge < -0.3 is 0 Å². The van der Waals surface area contributed by atoms with Crippen molar-refractivity contribution in [1.29, 1.82) is 0 Å². The summed E-state index contributed by atoms with van der Waals surface area (Å²) < 4.78 is 28.3. The molecule has 1 aromatic carbocycles. The van der Waals surface area contributed by atoms with Crippen LogP contribution in [-0.4, -0.2) is 42.2 Å². The Hall–Kier alpha value is -2.34. The van der Waals surface area contributed by atoms with Crippen LogP contribution in [0.15, 0.2) is 28.2 Å². The minimum atomic E-state index is -2.75. The van der Waals surface area contributed by atoms with Gasteiger partial charge in [-0.05, 0) is 39.0 Å². The van der Waals surface area contributed by atoms with Crippen molar-refractivity contribution in [1.82, 2.24) is 30.4 Å². The van der Waals surface area contributed by atoms with Gasteiger partial charge in [0.15, 0.2) is 3.92 Å². The van der Waals surface area contributed by atoms with Gasteiger partial charge in [-0.2, -0.15) is 4.80 Å². The van der Waals surface area contributed by atoms with E-state index >= 15 is 0 Å². The Labute approximate surface area is 176 Å². The maximum Gasteiger partial charge on any atom is 0.248 e. The van der Waals surface area contributed by atoms with Crippen molar-refractivity contribution >= 4 is 38.3 Å². The molecule has 2 aromatic heterocycles. The van der Waals surface area contributed by atoms with E-state index in [0.717, 1.165) is 16.9 Å². The van der Waals surface area contributed by atoms with Crippen LogP contribution in [-0.2, 0) is 11.8 Å². The Morgan fingerprint density at radius 3 is 2.62 bits per heavy atom. The van der Waals surface area contributed by atoms with E-state index in [1.54, 1.807) is 31.3 Å². The summed E-state index contributed by atoms with van der Waals surface area (Å²) in [5.41, 5.74) is 1.38. The smallest absolute Gasteiger partial charge is 0.248 e. The summed E-state index contributed by atoms with van der Waals surface area (Å²) in [6, 6.07) is 7.04. The largest absolute Gasteiger partial charge is 0.300 e. The number of carbonyl (C=O) groups excluding carboxylic acids is 1. The van der Waals surface area contributed by atoms with Crippen LogP contribution in [0.3, 0.4) is 0 Å². The summed E-state index contributed by atoms with van der Waals surface area (Å²) >= 11 is 4.35. The summed E-state index contributed by atoms with van der Waals surface area (Å²) in [7, 11) is 1.66. The molecule has 0 saturated heterocycles. The lowest BCUT2D eigenvalue weighted by molar-refractivity contribution is -0.118. The molecule has 2 atom stereocenters. The van der Waals surface area contributed by atoms with E-state index in [-0.39, 0.29) is 25.2 Å². The summed E-state index contributed by atoms with van der Waals surface area (Å²) in [4.78, 5) is 14.4. The van der Waals surface area contributed by atoms with E-state index in [1.165, 1.54) is 4.80 Å². The third-order valence-corrected chi connectivity index (χ3v) is 6.13. The second-order valence-electron chi connectivity index (χ2n) is 6.91. The Morgan fingerprint density at radius 1 is 1.31 bits per heavy atom. The number of anilines is 1. The molecule has 8 nitrogen and oxygen atoms in total. The highest BCUT2D eigenvalue weighted by Gasteiger charge is 2.45. The van der Waals surface area contributed by atoms with Gasteiger partial charge in [-0.15, -0.1) is 20.4 Å². The van der Waals surface area contributed by atoms with Crippen molar-refractivity contribution in [3.8, 4) is 11.4 Å². The van der Waals surface area contributed by atoms with E-state index in [2.05, 4.69) is 46.9 Å². The van der Waals surface area contributed by atoms with Crippen molar-refractivity contribution in [2.45, 2.75) is 31.1 Å². The topological polar surface area (TPSA) is 98.5 Å². The Morgan fingerprint density at radius 2 is 2.07 bits per heavy atom. The average Bonchev–Trinajstić information content (AvgIpc) is 3.37. The lowest BCUT2D eigenvalue weighted by Gasteiger charge is -2.23. The van der Waals surface area contributed by atoms with Crippen LogP contribution < -0.4 is 5.32 Å². The van der Waals surface area contributed by atoms with Crippen molar-refractivity contribution in [2.75, 3.05) is 5.32 Å². The number of tetrazole rings is 1. The van der Waals surface area contributed by atoms with E-state index in [4.69, 9.17) is 0 Å². The second kappa shape index (κ2) is 7.82. The summed E-state index contributed by atoms with van der Waals surface area (Å²) in [5, 5.41) is 22.6. The number of nitrogens with zero attached hydrogens (tertiary/aromatic N) is 6. The highest BCUT2D eigenvalue weighted by Crippen LogP contribution is 2.46. The summed E-state index contributed by atoms with van der Waals surface area (Å²) in [5.74, 6) is -3.87. The molecule has 29 heavy (non-hydrogen) atoms. The first kappa shape index (κ1) is 20.0. The SMILES string of the molecule is Cn1nnc(-c2ccc([C@@H](C(=O)Nc3nnc(Br)s3)[C@H]3CCC(F)(F)C3)cc2)n1. The standard InChI is InChI=1S/C17H16BrF2N7OS/c1-27-25-13(22-26-27)10-4-2-9(3-5-10)12(11-6-7-17(19,20)8-11)14(28)21-16-24-23-15(18)29-16/h2-5,11-12H,6-8H2,1H3,(H,21,24,28)/t11-,12+/m0/s1. The van der Waals surface area contributed by atoms with Crippen molar-refractivity contribution in [3.05, 3.63) is 33.7 Å². The highest BCUT2D eigenvalue weighted by molar-refractivity contribution is 9.11. The van der Waals surface area contributed by atoms with Crippen LogP contribution in [0.25, 0.3) is 11.4 Å². The van der Waals surface area contributed by atoms with Gasteiger partial charge in [0.25, 0.3) is 0 Å². The third kappa shape index (κ3) is 4.47. The van der Waals surface area contributed by atoms with Gasteiger partial charge in [0, 0.05) is 18.4 Å². The first-order chi connectivity index (χ1) is 13.8. The lowest BCUT2D eigenvalue weighted by Crippen LogP contribution is -2.27. The number of hydrogen-bond acceptors (Lipinski definition) is 7. The van der Waals surface area contributed by atoms with Crippen LogP contribution in [0.4, 0.5) is 13.9 Å². The number of aromatic nitrogens is 6. The van der Waals surface area contributed by atoms with Crippen LogP contribution in [0.5, 0.6) is 0 Å². The van der Waals surface area contributed by atoms with Gasteiger partial charge in [-0.3, -0.25) is 10.1 Å². The molecule has 2 heterocycles. The fourth-order valence-electron chi connectivity index (χ4n) is 3.58. The van der Waals surface area contributed by atoms with E-state index in [0.29, 0.717) is 20.4 Å². The molecule has 1 N–H and O–H groups in total. The molecule has 0 radical (unpaired) electrons. The molecule has 12 heteroatoms. The minimum Gasteiger partial charge on any atom is -0.300 e. The average molecular weight is 484 g/mol. The molecule has 0 aliphatic heterocycles. The zero-order valence-corrected chi connectivity index (χ0v) is 17.6.